The number of nitrogens with one attached hydrogen (secondary N) is 1. The Morgan fingerprint density at radius 1 is 1.21 bits per heavy atom. The lowest BCUT2D eigenvalue weighted by molar-refractivity contribution is 0.0951. The summed E-state index contributed by atoms with van der Waals surface area (Å²) >= 11 is 0. The molecule has 5 nitrogen and oxygen atoms in total. The molecule has 3 rings (SSSR count). The predicted octanol–water partition coefficient (Wildman–Crippen LogP) is 2.17. The Labute approximate surface area is 141 Å². The van der Waals surface area contributed by atoms with Gasteiger partial charge >= 0.3 is 0 Å². The lowest BCUT2D eigenvalue weighted by Gasteiger charge is -2.16. The Hall–Kier alpha value is -2.43. The maximum Gasteiger partial charge on any atom is 0.267 e. The molecule has 126 valence electrons. The van der Waals surface area contributed by atoms with Crippen molar-refractivity contribution >= 4 is 5.91 Å². The summed E-state index contributed by atoms with van der Waals surface area (Å²) in [5, 5.41) is 7.34. The summed E-state index contributed by atoms with van der Waals surface area (Å²) < 4.78 is 1.46. The number of aryl methyl sites for hydroxylation is 4. The Morgan fingerprint density at radius 2 is 2.00 bits per heavy atom. The number of fused-ring (bicyclic) bond motifs is 1. The van der Waals surface area contributed by atoms with E-state index in [0.29, 0.717) is 18.7 Å². The molecule has 1 amide bonds. The third-order valence-corrected chi connectivity index (χ3v) is 4.51. The normalized spacial score (nSPS) is 13.4. The standard InChI is InChI=1S/C19H23N3O2/c1-13-7-8-16(14(2)11-13)19(24)20-9-10-22-18(23)12-15-5-3-4-6-17(15)21-22/h7-8,11-12H,3-6,9-10H2,1-2H3,(H,20,24). The van der Waals surface area contributed by atoms with Crippen molar-refractivity contribution < 1.29 is 4.79 Å². The Morgan fingerprint density at radius 3 is 2.79 bits per heavy atom. The van der Waals surface area contributed by atoms with E-state index in [9.17, 15) is 9.59 Å². The minimum Gasteiger partial charge on any atom is -0.350 e. The van der Waals surface area contributed by atoms with Crippen molar-refractivity contribution in [3.05, 3.63) is 62.6 Å². The van der Waals surface area contributed by atoms with Crippen LogP contribution in [0.3, 0.4) is 0 Å². The van der Waals surface area contributed by atoms with Crippen LogP contribution in [0.2, 0.25) is 0 Å². The molecule has 24 heavy (non-hydrogen) atoms. The molecular weight excluding hydrogens is 302 g/mol. The third kappa shape index (κ3) is 3.55. The Balaban J connectivity index is 1.64. The van der Waals surface area contributed by atoms with Crippen LogP contribution in [-0.2, 0) is 19.4 Å². The topological polar surface area (TPSA) is 64.0 Å². The van der Waals surface area contributed by atoms with Crippen molar-refractivity contribution in [2.45, 2.75) is 46.1 Å². The highest BCUT2D eigenvalue weighted by molar-refractivity contribution is 5.95. The zero-order valence-corrected chi connectivity index (χ0v) is 14.3. The third-order valence-electron chi connectivity index (χ3n) is 4.51. The molecule has 0 saturated carbocycles. The van der Waals surface area contributed by atoms with Crippen LogP contribution in [0, 0.1) is 13.8 Å². The number of carbonyl (C=O) groups is 1. The van der Waals surface area contributed by atoms with Gasteiger partial charge in [0.1, 0.15) is 0 Å². The summed E-state index contributed by atoms with van der Waals surface area (Å²) in [4.78, 5) is 24.4. The Bertz CT molecular complexity index is 824. The van der Waals surface area contributed by atoms with Gasteiger partial charge in [0.2, 0.25) is 0 Å². The van der Waals surface area contributed by atoms with E-state index in [0.717, 1.165) is 48.1 Å². The fourth-order valence-electron chi connectivity index (χ4n) is 3.20. The van der Waals surface area contributed by atoms with Gasteiger partial charge < -0.3 is 5.32 Å². The summed E-state index contributed by atoms with van der Waals surface area (Å²) in [7, 11) is 0. The molecule has 0 radical (unpaired) electrons. The molecule has 0 fully saturated rings. The van der Waals surface area contributed by atoms with Crippen molar-refractivity contribution in [1.82, 2.24) is 15.1 Å². The highest BCUT2D eigenvalue weighted by atomic mass is 16.2. The average molecular weight is 325 g/mol. The number of hydrogen-bond acceptors (Lipinski definition) is 3. The van der Waals surface area contributed by atoms with Gasteiger partial charge in [0.05, 0.1) is 12.2 Å². The van der Waals surface area contributed by atoms with Gasteiger partial charge in [-0.1, -0.05) is 17.7 Å². The largest absolute Gasteiger partial charge is 0.350 e. The van der Waals surface area contributed by atoms with Gasteiger partial charge in [-0.15, -0.1) is 0 Å². The van der Waals surface area contributed by atoms with Crippen LogP contribution < -0.4 is 10.9 Å². The maximum absolute atomic E-state index is 12.3. The van der Waals surface area contributed by atoms with Crippen LogP contribution in [0.5, 0.6) is 0 Å². The minimum absolute atomic E-state index is 0.0867. The molecule has 0 aliphatic heterocycles. The van der Waals surface area contributed by atoms with E-state index in [1.807, 2.05) is 32.0 Å². The zero-order valence-electron chi connectivity index (χ0n) is 14.3. The van der Waals surface area contributed by atoms with Crippen LogP contribution in [0.4, 0.5) is 0 Å². The number of rotatable bonds is 4. The van der Waals surface area contributed by atoms with Crippen molar-refractivity contribution in [1.29, 1.82) is 0 Å². The van der Waals surface area contributed by atoms with Gasteiger partial charge in [-0.05, 0) is 56.7 Å². The second-order valence-electron chi connectivity index (χ2n) is 6.46. The van der Waals surface area contributed by atoms with Crippen molar-refractivity contribution in [3.8, 4) is 0 Å². The van der Waals surface area contributed by atoms with Gasteiger partial charge in [0, 0.05) is 18.2 Å². The lowest BCUT2D eigenvalue weighted by atomic mass is 9.97. The molecule has 1 N–H and O–H groups in total. The number of carbonyl (C=O) groups excluding carboxylic acids is 1. The van der Waals surface area contributed by atoms with E-state index in [2.05, 4.69) is 10.4 Å². The molecule has 1 aromatic heterocycles. The molecule has 0 saturated heterocycles. The number of amides is 1. The first-order chi connectivity index (χ1) is 11.5. The summed E-state index contributed by atoms with van der Waals surface area (Å²) in [5.41, 5.74) is 4.79. The van der Waals surface area contributed by atoms with Gasteiger partial charge in [-0.3, -0.25) is 9.59 Å². The summed E-state index contributed by atoms with van der Waals surface area (Å²) in [6, 6.07) is 7.46. The van der Waals surface area contributed by atoms with Crippen LogP contribution in [0.1, 0.15) is 45.6 Å². The van der Waals surface area contributed by atoms with Crippen molar-refractivity contribution in [2.24, 2.45) is 0 Å². The monoisotopic (exact) mass is 325 g/mol. The van der Waals surface area contributed by atoms with Gasteiger partial charge in [-0.25, -0.2) is 4.68 Å². The van der Waals surface area contributed by atoms with Crippen molar-refractivity contribution in [2.75, 3.05) is 6.54 Å². The van der Waals surface area contributed by atoms with E-state index >= 15 is 0 Å². The van der Waals surface area contributed by atoms with E-state index in [-0.39, 0.29) is 11.5 Å². The second kappa shape index (κ2) is 6.99. The molecule has 0 spiro atoms. The average Bonchev–Trinajstić information content (AvgIpc) is 2.55. The number of hydrogen-bond donors (Lipinski definition) is 1. The summed E-state index contributed by atoms with van der Waals surface area (Å²) in [5.74, 6) is -0.112. The summed E-state index contributed by atoms with van der Waals surface area (Å²) in [6.45, 7) is 4.71. The highest BCUT2D eigenvalue weighted by Crippen LogP contribution is 2.16. The van der Waals surface area contributed by atoms with Gasteiger partial charge in [0.25, 0.3) is 11.5 Å². The van der Waals surface area contributed by atoms with Crippen molar-refractivity contribution in [3.63, 3.8) is 0 Å². The Kier molecular flexibility index (Phi) is 4.79. The fourth-order valence-corrected chi connectivity index (χ4v) is 3.20. The molecule has 2 aromatic rings. The smallest absolute Gasteiger partial charge is 0.267 e. The van der Waals surface area contributed by atoms with Gasteiger partial charge in [0.15, 0.2) is 0 Å². The molecule has 1 aromatic carbocycles. The lowest BCUT2D eigenvalue weighted by Crippen LogP contribution is -2.33. The van der Waals surface area contributed by atoms with E-state index in [1.54, 1.807) is 6.07 Å². The van der Waals surface area contributed by atoms with Crippen LogP contribution >= 0.6 is 0 Å². The number of nitrogens with zero attached hydrogens (tertiary/aromatic N) is 2. The molecule has 0 atom stereocenters. The second-order valence-corrected chi connectivity index (χ2v) is 6.46. The molecule has 0 bridgehead atoms. The predicted molar refractivity (Wildman–Crippen MR) is 93.4 cm³/mol. The number of benzene rings is 1. The SMILES string of the molecule is Cc1ccc(C(=O)NCCn2nc3c(cc2=O)CCCC3)c(C)c1. The molecule has 0 unspecified atom stereocenters. The molecule has 5 heteroatoms. The zero-order chi connectivity index (χ0) is 17.1. The number of aromatic nitrogens is 2. The quantitative estimate of drug-likeness (QED) is 0.937. The first-order valence-corrected chi connectivity index (χ1v) is 8.50. The first-order valence-electron chi connectivity index (χ1n) is 8.50. The fraction of sp³-hybridized carbons (Fsp3) is 0.421. The molecule has 1 aliphatic rings. The summed E-state index contributed by atoms with van der Waals surface area (Å²) in [6.07, 6.45) is 4.14. The minimum atomic E-state index is -0.112. The van der Waals surface area contributed by atoms with Gasteiger partial charge in [-0.2, -0.15) is 5.10 Å². The highest BCUT2D eigenvalue weighted by Gasteiger charge is 2.13. The van der Waals surface area contributed by atoms with E-state index in [1.165, 1.54) is 4.68 Å². The molecular formula is C19H23N3O2. The molecule has 1 aliphatic carbocycles. The van der Waals surface area contributed by atoms with E-state index in [4.69, 9.17) is 0 Å². The van der Waals surface area contributed by atoms with Crippen LogP contribution in [0.15, 0.2) is 29.1 Å². The first kappa shape index (κ1) is 16.4. The van der Waals surface area contributed by atoms with E-state index < -0.39 is 0 Å². The molecule has 1 heterocycles. The van der Waals surface area contributed by atoms with Crippen LogP contribution in [0.25, 0.3) is 0 Å². The maximum atomic E-state index is 12.3. The van der Waals surface area contributed by atoms with Crippen LogP contribution in [-0.4, -0.2) is 22.2 Å².